The number of carboxylic acid groups (broad SMARTS) is 1. The van der Waals surface area contributed by atoms with Crippen molar-refractivity contribution in [1.29, 1.82) is 0 Å². The van der Waals surface area contributed by atoms with E-state index in [4.69, 9.17) is 14.3 Å². The molecule has 194 valence electrons. The molecule has 4 aromatic rings. The standard InChI is InChI=1S/C29H27N3O6/c33-25(28-30-18-26(37-28)24-2-1-3-27(31-24)38-29(34)35)13-8-20-4-9-22(10-5-20)23-11-6-21(7-12-23)19-32-14-16-36-17-15-32/h1-7,9-12,18H,8,13-17,19H2,(H,34,35). The zero-order valence-electron chi connectivity index (χ0n) is 20.7. The number of aromatic nitrogens is 2. The van der Waals surface area contributed by atoms with Gasteiger partial charge in [0.2, 0.25) is 11.7 Å². The zero-order chi connectivity index (χ0) is 26.3. The maximum Gasteiger partial charge on any atom is 0.512 e. The number of Topliss-reactive ketones (excluding diaryl/α,β-unsaturated/α-hetero) is 1. The summed E-state index contributed by atoms with van der Waals surface area (Å²) in [5.74, 6) is -0.0783. The molecule has 0 amide bonds. The SMILES string of the molecule is O=C(O)Oc1cccc(-c2cnc(C(=O)CCc3ccc(-c4ccc(CN5CCOCC5)cc4)cc3)o2)n1. The van der Waals surface area contributed by atoms with Crippen LogP contribution < -0.4 is 4.74 Å². The highest BCUT2D eigenvalue weighted by atomic mass is 16.7. The predicted molar refractivity (Wildman–Crippen MR) is 139 cm³/mol. The summed E-state index contributed by atoms with van der Waals surface area (Å²) >= 11 is 0. The first-order valence-electron chi connectivity index (χ1n) is 12.4. The molecule has 1 saturated heterocycles. The minimum atomic E-state index is -1.46. The van der Waals surface area contributed by atoms with Gasteiger partial charge in [0.1, 0.15) is 5.69 Å². The van der Waals surface area contributed by atoms with Crippen LogP contribution in [0.4, 0.5) is 4.79 Å². The fourth-order valence-corrected chi connectivity index (χ4v) is 4.27. The minimum absolute atomic E-state index is 0.0138. The number of ketones is 1. The molecule has 3 heterocycles. The third kappa shape index (κ3) is 6.50. The minimum Gasteiger partial charge on any atom is -0.449 e. The van der Waals surface area contributed by atoms with Gasteiger partial charge in [-0.15, -0.1) is 0 Å². The van der Waals surface area contributed by atoms with Crippen molar-refractivity contribution < 1.29 is 28.6 Å². The number of ether oxygens (including phenoxy) is 2. The van der Waals surface area contributed by atoms with Gasteiger partial charge >= 0.3 is 6.16 Å². The molecule has 0 unspecified atom stereocenters. The van der Waals surface area contributed by atoms with Crippen molar-refractivity contribution >= 4 is 11.9 Å². The van der Waals surface area contributed by atoms with Gasteiger partial charge in [0.05, 0.1) is 19.4 Å². The van der Waals surface area contributed by atoms with Gasteiger partial charge in [-0.25, -0.2) is 14.8 Å². The second kappa shape index (κ2) is 11.8. The summed E-state index contributed by atoms with van der Waals surface area (Å²) < 4.78 is 15.6. The van der Waals surface area contributed by atoms with Crippen molar-refractivity contribution in [2.24, 2.45) is 0 Å². The number of carbonyl (C=O) groups is 2. The molecule has 1 fully saturated rings. The molecule has 9 nitrogen and oxygen atoms in total. The number of oxazole rings is 1. The third-order valence-corrected chi connectivity index (χ3v) is 6.30. The van der Waals surface area contributed by atoms with Crippen molar-refractivity contribution in [2.45, 2.75) is 19.4 Å². The Balaban J connectivity index is 1.15. The summed E-state index contributed by atoms with van der Waals surface area (Å²) in [6.07, 6.45) is 0.718. The summed E-state index contributed by atoms with van der Waals surface area (Å²) in [4.78, 5) is 33.9. The van der Waals surface area contributed by atoms with Gasteiger partial charge in [-0.2, -0.15) is 0 Å². The number of aryl methyl sites for hydroxylation is 1. The van der Waals surface area contributed by atoms with E-state index >= 15 is 0 Å². The van der Waals surface area contributed by atoms with Crippen molar-refractivity contribution in [3.05, 3.63) is 89.9 Å². The van der Waals surface area contributed by atoms with Crippen molar-refractivity contribution in [1.82, 2.24) is 14.9 Å². The largest absolute Gasteiger partial charge is 0.512 e. The number of hydrogen-bond donors (Lipinski definition) is 1. The van der Waals surface area contributed by atoms with E-state index in [2.05, 4.69) is 56.0 Å². The zero-order valence-corrected chi connectivity index (χ0v) is 20.7. The summed E-state index contributed by atoms with van der Waals surface area (Å²) in [6.45, 7) is 4.47. The van der Waals surface area contributed by atoms with Gasteiger partial charge in [0.15, 0.2) is 5.76 Å². The van der Waals surface area contributed by atoms with Gasteiger partial charge in [0.25, 0.3) is 5.89 Å². The Kier molecular flexibility index (Phi) is 7.86. The quantitative estimate of drug-likeness (QED) is 0.241. The molecule has 0 atom stereocenters. The molecule has 0 bridgehead atoms. The number of hydrogen-bond acceptors (Lipinski definition) is 8. The van der Waals surface area contributed by atoms with Crippen LogP contribution in [0.5, 0.6) is 5.88 Å². The Labute approximate surface area is 219 Å². The molecule has 1 aliphatic heterocycles. The number of carbonyl (C=O) groups excluding carboxylic acids is 1. The van der Waals surface area contributed by atoms with Crippen LogP contribution in [0, 0.1) is 0 Å². The summed E-state index contributed by atoms with van der Waals surface area (Å²) in [7, 11) is 0. The first kappa shape index (κ1) is 25.3. The van der Waals surface area contributed by atoms with Crippen LogP contribution in [-0.2, 0) is 17.7 Å². The molecule has 2 aromatic carbocycles. The van der Waals surface area contributed by atoms with E-state index in [0.29, 0.717) is 12.1 Å². The van der Waals surface area contributed by atoms with Gasteiger partial charge in [-0.05, 0) is 34.7 Å². The maximum absolute atomic E-state index is 12.6. The van der Waals surface area contributed by atoms with Crippen LogP contribution in [0.15, 0.2) is 77.3 Å². The highest BCUT2D eigenvalue weighted by Gasteiger charge is 2.16. The van der Waals surface area contributed by atoms with Crippen molar-refractivity contribution in [3.8, 4) is 28.5 Å². The highest BCUT2D eigenvalue weighted by molar-refractivity contribution is 5.92. The second-order valence-electron chi connectivity index (χ2n) is 8.96. The average Bonchev–Trinajstić information content (AvgIpc) is 3.44. The predicted octanol–water partition coefficient (Wildman–Crippen LogP) is 5.11. The molecule has 0 saturated carbocycles. The first-order chi connectivity index (χ1) is 18.5. The second-order valence-corrected chi connectivity index (χ2v) is 8.96. The van der Waals surface area contributed by atoms with E-state index in [1.54, 1.807) is 12.1 Å². The van der Waals surface area contributed by atoms with Crippen molar-refractivity contribution in [2.75, 3.05) is 26.3 Å². The lowest BCUT2D eigenvalue weighted by Crippen LogP contribution is -2.35. The fourth-order valence-electron chi connectivity index (χ4n) is 4.27. The Morgan fingerprint density at radius 1 is 0.921 bits per heavy atom. The van der Waals surface area contributed by atoms with Gasteiger partial charge in [0, 0.05) is 32.1 Å². The Morgan fingerprint density at radius 2 is 1.61 bits per heavy atom. The molecule has 9 heteroatoms. The Hall–Kier alpha value is -4.34. The van der Waals surface area contributed by atoms with Crippen LogP contribution in [0.3, 0.4) is 0 Å². The van der Waals surface area contributed by atoms with Crippen LogP contribution in [0.25, 0.3) is 22.6 Å². The van der Waals surface area contributed by atoms with E-state index in [1.165, 1.54) is 17.8 Å². The molecule has 5 rings (SSSR count). The number of nitrogens with zero attached hydrogens (tertiary/aromatic N) is 3. The maximum atomic E-state index is 12.6. The summed E-state index contributed by atoms with van der Waals surface area (Å²) in [5.41, 5.74) is 4.92. The molecular formula is C29H27N3O6. The molecule has 0 radical (unpaired) electrons. The summed E-state index contributed by atoms with van der Waals surface area (Å²) in [6, 6.07) is 21.4. The van der Waals surface area contributed by atoms with Gasteiger partial charge < -0.3 is 19.0 Å². The van der Waals surface area contributed by atoms with E-state index in [-0.39, 0.29) is 29.7 Å². The average molecular weight is 514 g/mol. The molecule has 1 aliphatic rings. The molecule has 0 spiro atoms. The highest BCUT2D eigenvalue weighted by Crippen LogP contribution is 2.23. The lowest BCUT2D eigenvalue weighted by molar-refractivity contribution is 0.0342. The van der Waals surface area contributed by atoms with E-state index < -0.39 is 6.16 Å². The van der Waals surface area contributed by atoms with Crippen LogP contribution in [-0.4, -0.2) is 58.2 Å². The Bertz CT molecular complexity index is 1390. The van der Waals surface area contributed by atoms with Crippen LogP contribution in [0.1, 0.15) is 28.2 Å². The lowest BCUT2D eigenvalue weighted by Gasteiger charge is -2.26. The fraction of sp³-hybridized carbons (Fsp3) is 0.241. The molecular weight excluding hydrogens is 486 g/mol. The molecule has 38 heavy (non-hydrogen) atoms. The normalized spacial score (nSPS) is 13.8. The molecule has 1 N–H and O–H groups in total. The lowest BCUT2D eigenvalue weighted by atomic mass is 10.0. The smallest absolute Gasteiger partial charge is 0.449 e. The number of benzene rings is 2. The number of rotatable bonds is 9. The van der Waals surface area contributed by atoms with Gasteiger partial charge in [-0.3, -0.25) is 9.69 Å². The monoisotopic (exact) mass is 513 g/mol. The Morgan fingerprint density at radius 3 is 2.29 bits per heavy atom. The van der Waals surface area contributed by atoms with Crippen molar-refractivity contribution in [3.63, 3.8) is 0 Å². The van der Waals surface area contributed by atoms with Crippen LogP contribution in [0.2, 0.25) is 0 Å². The first-order valence-corrected chi connectivity index (χ1v) is 12.4. The van der Waals surface area contributed by atoms with Gasteiger partial charge in [-0.1, -0.05) is 54.6 Å². The van der Waals surface area contributed by atoms with E-state index in [9.17, 15) is 9.59 Å². The number of morpholine rings is 1. The van der Waals surface area contributed by atoms with E-state index in [0.717, 1.165) is 49.5 Å². The van der Waals surface area contributed by atoms with E-state index in [1.807, 2.05) is 12.1 Å². The topological polar surface area (TPSA) is 115 Å². The summed E-state index contributed by atoms with van der Waals surface area (Å²) in [5, 5.41) is 8.74. The number of pyridine rings is 1. The molecule has 0 aliphatic carbocycles. The third-order valence-electron chi connectivity index (χ3n) is 6.30. The van der Waals surface area contributed by atoms with Crippen LogP contribution >= 0.6 is 0 Å². The molecule has 2 aromatic heterocycles.